The molecule has 0 spiro atoms. The molecule has 6 heteroatoms. The van der Waals surface area contributed by atoms with Gasteiger partial charge in [-0.25, -0.2) is 4.79 Å². The van der Waals surface area contributed by atoms with Gasteiger partial charge in [0.15, 0.2) is 11.5 Å². The summed E-state index contributed by atoms with van der Waals surface area (Å²) >= 11 is 0. The number of hydrogen-bond donors (Lipinski definition) is 2. The first-order valence-corrected chi connectivity index (χ1v) is 18.1. The first kappa shape index (κ1) is 39.1. The molecule has 0 heterocycles. The largest absolute Gasteiger partial charge is 0.503 e. The zero-order valence-corrected chi connectivity index (χ0v) is 28.4. The lowest BCUT2D eigenvalue weighted by Gasteiger charge is -2.22. The Morgan fingerprint density at radius 1 is 0.535 bits per heavy atom. The van der Waals surface area contributed by atoms with Crippen LogP contribution in [0.2, 0.25) is 0 Å². The molecule has 0 fully saturated rings. The van der Waals surface area contributed by atoms with Crippen LogP contribution in [0.25, 0.3) is 0 Å². The predicted octanol–water partition coefficient (Wildman–Crippen LogP) is 11.5. The summed E-state index contributed by atoms with van der Waals surface area (Å²) < 4.78 is 6.41. The van der Waals surface area contributed by atoms with E-state index in [-0.39, 0.29) is 17.1 Å². The second-order valence-electron chi connectivity index (χ2n) is 12.3. The molecule has 1 aromatic carbocycles. The number of carbonyl (C=O) groups is 1. The molecule has 0 atom stereocenters. The van der Waals surface area contributed by atoms with Gasteiger partial charge in [0.2, 0.25) is 5.75 Å². The van der Waals surface area contributed by atoms with E-state index < -0.39 is 5.97 Å². The van der Waals surface area contributed by atoms with Crippen molar-refractivity contribution in [2.75, 3.05) is 13.2 Å². The van der Waals surface area contributed by atoms with E-state index >= 15 is 0 Å². The van der Waals surface area contributed by atoms with E-state index in [2.05, 4.69) is 27.7 Å². The maximum atomic E-state index is 12.6. The third-order valence-corrected chi connectivity index (χ3v) is 8.34. The Hall–Kier alpha value is -1.95. The summed E-state index contributed by atoms with van der Waals surface area (Å²) in [6, 6.07) is 0. The van der Waals surface area contributed by atoms with E-state index in [1.807, 2.05) is 0 Å². The topological polar surface area (TPSA) is 85.2 Å². The van der Waals surface area contributed by atoms with Gasteiger partial charge in [-0.3, -0.25) is 0 Å². The van der Waals surface area contributed by atoms with Crippen LogP contribution in [0.3, 0.4) is 0 Å². The second-order valence-corrected chi connectivity index (χ2v) is 12.3. The van der Waals surface area contributed by atoms with Gasteiger partial charge in [-0.05, 0) is 44.1 Å². The van der Waals surface area contributed by atoms with Gasteiger partial charge < -0.3 is 19.8 Å². The van der Waals surface area contributed by atoms with E-state index in [0.717, 1.165) is 69.8 Å². The number of ether oxygens (including phenoxy) is 1. The minimum Gasteiger partial charge on any atom is -0.503 e. The normalized spacial score (nSPS) is 11.3. The Labute approximate surface area is 264 Å². The van der Waals surface area contributed by atoms with Crippen LogP contribution in [0.5, 0.6) is 17.2 Å². The molecule has 0 saturated heterocycles. The molecule has 0 saturated carbocycles. The monoisotopic (exact) mass is 606 g/mol. The molecule has 0 aromatic heterocycles. The summed E-state index contributed by atoms with van der Waals surface area (Å²) in [7, 11) is 0. The Bertz CT molecular complexity index is 837. The fraction of sp³-hybridized carbons (Fsp3) is 0.811. The molecule has 1 aromatic rings. The Balaban J connectivity index is 3.32. The van der Waals surface area contributed by atoms with E-state index in [1.165, 1.54) is 77.0 Å². The average molecular weight is 607 g/mol. The Kier molecular flexibility index (Phi) is 24.0. The quantitative estimate of drug-likeness (QED) is 0.0515. The van der Waals surface area contributed by atoms with Gasteiger partial charge >= 0.3 is 5.97 Å². The van der Waals surface area contributed by atoms with Crippen molar-refractivity contribution in [2.45, 2.75) is 182 Å². The minimum atomic E-state index is -1.13. The third-order valence-electron chi connectivity index (χ3n) is 8.34. The maximum absolute atomic E-state index is 12.6. The van der Waals surface area contributed by atoms with Gasteiger partial charge in [0.1, 0.15) is 5.56 Å². The third kappa shape index (κ3) is 16.6. The van der Waals surface area contributed by atoms with E-state index in [0.29, 0.717) is 37.4 Å². The molecule has 1 rings (SSSR count). The van der Waals surface area contributed by atoms with Gasteiger partial charge in [0.25, 0.3) is 0 Å². The average Bonchev–Trinajstić information content (AvgIpc) is 2.99. The second kappa shape index (κ2) is 26.5. The molecule has 0 aliphatic carbocycles. The van der Waals surface area contributed by atoms with Crippen LogP contribution in [0.1, 0.15) is 190 Å². The number of benzene rings is 1. The van der Waals surface area contributed by atoms with Gasteiger partial charge in [-0.1, -0.05) is 143 Å². The fourth-order valence-electron chi connectivity index (χ4n) is 5.70. The molecule has 0 radical (unpaired) electrons. The van der Waals surface area contributed by atoms with Crippen molar-refractivity contribution in [3.05, 3.63) is 16.7 Å². The summed E-state index contributed by atoms with van der Waals surface area (Å²) in [4.78, 5) is 24.0. The summed E-state index contributed by atoms with van der Waals surface area (Å²) in [6.45, 7) is 9.71. The zero-order valence-electron chi connectivity index (χ0n) is 28.4. The lowest BCUT2D eigenvalue weighted by atomic mass is 9.90. The standard InChI is InChI=1S/C37H66O6/c1-5-9-13-17-19-23-27-31-32(28-24-20-18-14-10-6-2)35(41-29-25-21-15-11-7-3)36(34(38)33(31)37(39)40)43-42-30-26-22-16-12-8-4/h38H,5-30H2,1-4H3,(H,39,40). The van der Waals surface area contributed by atoms with Gasteiger partial charge in [-0.15, -0.1) is 0 Å². The zero-order chi connectivity index (χ0) is 31.5. The maximum Gasteiger partial charge on any atom is 0.339 e. The first-order chi connectivity index (χ1) is 21.0. The van der Waals surface area contributed by atoms with Crippen LogP contribution >= 0.6 is 0 Å². The molecule has 0 aliphatic heterocycles. The lowest BCUT2D eigenvalue weighted by Crippen LogP contribution is -2.13. The number of unbranched alkanes of at least 4 members (excludes halogenated alkanes) is 18. The highest BCUT2D eigenvalue weighted by Crippen LogP contribution is 2.46. The number of aromatic hydroxyl groups is 1. The number of phenols is 1. The molecule has 0 aliphatic rings. The number of rotatable bonds is 30. The SMILES string of the molecule is CCCCCCCCc1c(CCCCCCCC)c(C(=O)O)c(O)c(OOCCCCCCC)c1OCCCCCCC. The van der Waals surface area contributed by atoms with Crippen molar-refractivity contribution in [3.63, 3.8) is 0 Å². The lowest BCUT2D eigenvalue weighted by molar-refractivity contribution is -0.209. The van der Waals surface area contributed by atoms with Gasteiger partial charge in [0.05, 0.1) is 13.2 Å². The van der Waals surface area contributed by atoms with Crippen LogP contribution in [-0.4, -0.2) is 29.4 Å². The van der Waals surface area contributed by atoms with E-state index in [9.17, 15) is 15.0 Å². The molecule has 2 N–H and O–H groups in total. The smallest absolute Gasteiger partial charge is 0.339 e. The van der Waals surface area contributed by atoms with Crippen molar-refractivity contribution in [3.8, 4) is 17.2 Å². The predicted molar refractivity (Wildman–Crippen MR) is 179 cm³/mol. The summed E-state index contributed by atoms with van der Waals surface area (Å²) in [5, 5.41) is 21.7. The van der Waals surface area contributed by atoms with Crippen LogP contribution in [0.15, 0.2) is 0 Å². The molecular weight excluding hydrogens is 540 g/mol. The molecule has 250 valence electrons. The van der Waals surface area contributed by atoms with Crippen molar-refractivity contribution >= 4 is 5.97 Å². The van der Waals surface area contributed by atoms with Gasteiger partial charge in [-0.2, -0.15) is 4.89 Å². The Morgan fingerprint density at radius 2 is 0.953 bits per heavy atom. The van der Waals surface area contributed by atoms with E-state index in [4.69, 9.17) is 14.5 Å². The van der Waals surface area contributed by atoms with Gasteiger partial charge in [0, 0.05) is 5.56 Å². The van der Waals surface area contributed by atoms with Crippen LogP contribution < -0.4 is 9.62 Å². The molecule has 43 heavy (non-hydrogen) atoms. The van der Waals surface area contributed by atoms with Crippen molar-refractivity contribution in [1.82, 2.24) is 0 Å². The molecule has 0 bridgehead atoms. The number of carboxylic acid groups (broad SMARTS) is 1. The number of aromatic carboxylic acids is 1. The molecule has 6 nitrogen and oxygen atoms in total. The first-order valence-electron chi connectivity index (χ1n) is 18.1. The summed E-state index contributed by atoms with van der Waals surface area (Å²) in [5.41, 5.74) is 1.54. The highest BCUT2D eigenvalue weighted by atomic mass is 17.2. The summed E-state index contributed by atoms with van der Waals surface area (Å²) in [6.07, 6.45) is 25.8. The minimum absolute atomic E-state index is 0.0344. The summed E-state index contributed by atoms with van der Waals surface area (Å²) in [5.74, 6) is -0.976. The molecule has 0 unspecified atom stereocenters. The number of carboxylic acids is 1. The molecule has 0 amide bonds. The highest BCUT2D eigenvalue weighted by molar-refractivity contribution is 5.95. The van der Waals surface area contributed by atoms with E-state index in [1.54, 1.807) is 0 Å². The molecular formula is C37H66O6. The highest BCUT2D eigenvalue weighted by Gasteiger charge is 2.30. The van der Waals surface area contributed by atoms with Crippen molar-refractivity contribution in [2.24, 2.45) is 0 Å². The number of hydrogen-bond acceptors (Lipinski definition) is 5. The van der Waals surface area contributed by atoms with Crippen molar-refractivity contribution in [1.29, 1.82) is 0 Å². The Morgan fingerprint density at radius 3 is 1.44 bits per heavy atom. The van der Waals surface area contributed by atoms with Crippen molar-refractivity contribution < 1.29 is 29.5 Å². The van der Waals surface area contributed by atoms with Crippen LogP contribution in [0, 0.1) is 0 Å². The van der Waals surface area contributed by atoms with Crippen LogP contribution in [0.4, 0.5) is 0 Å². The van der Waals surface area contributed by atoms with Crippen LogP contribution in [-0.2, 0) is 17.7 Å². The fourth-order valence-corrected chi connectivity index (χ4v) is 5.70.